The molecule has 0 atom stereocenters. The van der Waals surface area contributed by atoms with E-state index in [0.717, 1.165) is 110 Å². The first-order chi connectivity index (χ1) is 26.3. The van der Waals surface area contributed by atoms with Crippen molar-refractivity contribution in [2.24, 2.45) is 0 Å². The molecule has 0 unspecified atom stereocenters. The van der Waals surface area contributed by atoms with Crippen LogP contribution in [-0.2, 0) is 0 Å². The van der Waals surface area contributed by atoms with Crippen LogP contribution in [0.3, 0.4) is 0 Å². The lowest BCUT2D eigenvalue weighted by atomic mass is 9.95. The second kappa shape index (κ2) is 11.7. The van der Waals surface area contributed by atoms with Crippen molar-refractivity contribution in [2.75, 3.05) is 0 Å². The van der Waals surface area contributed by atoms with Crippen LogP contribution in [0.1, 0.15) is 0 Å². The van der Waals surface area contributed by atoms with E-state index in [-0.39, 0.29) is 0 Å². The minimum absolute atomic E-state index is 0.858. The van der Waals surface area contributed by atoms with E-state index in [2.05, 4.69) is 152 Å². The fourth-order valence-electron chi connectivity index (χ4n) is 7.92. The van der Waals surface area contributed by atoms with Crippen LogP contribution in [0.15, 0.2) is 180 Å². The molecule has 0 saturated heterocycles. The standard InChI is InChI=1S/C49H29N3O/c1-3-11-30(12-4-1)40-26-23-32-21-22-33-24-27-41(51-48(33)47(32)50-40)35-16-9-15-34(29-35)36-18-10-19-39-45-43(53-49(36)39)28-25-38-44(45)37-17-7-8-20-42(37)52-46(38)31-13-5-2-6-14-31/h1-29H. The molecule has 0 radical (unpaired) electrons. The first-order valence-corrected chi connectivity index (χ1v) is 17.9. The average molecular weight is 676 g/mol. The Balaban J connectivity index is 1.08. The highest BCUT2D eigenvalue weighted by molar-refractivity contribution is 6.29. The molecule has 11 aromatic rings. The smallest absolute Gasteiger partial charge is 0.143 e. The Bertz CT molecular complexity index is 3220. The summed E-state index contributed by atoms with van der Waals surface area (Å²) in [5, 5.41) is 7.71. The Morgan fingerprint density at radius 3 is 1.75 bits per heavy atom. The molecule has 0 spiro atoms. The molecule has 246 valence electrons. The predicted octanol–water partition coefficient (Wildman–Crippen LogP) is 13.1. The molecule has 4 nitrogen and oxygen atoms in total. The molecule has 7 aromatic carbocycles. The Labute approximate surface area is 304 Å². The van der Waals surface area contributed by atoms with E-state index in [1.54, 1.807) is 0 Å². The largest absolute Gasteiger partial charge is 0.455 e. The van der Waals surface area contributed by atoms with Crippen LogP contribution >= 0.6 is 0 Å². The normalized spacial score (nSPS) is 11.8. The fraction of sp³-hybridized carbons (Fsp3) is 0. The maximum absolute atomic E-state index is 6.80. The average Bonchev–Trinajstić information content (AvgIpc) is 3.63. The lowest BCUT2D eigenvalue weighted by Crippen LogP contribution is -1.91. The van der Waals surface area contributed by atoms with Gasteiger partial charge >= 0.3 is 0 Å². The van der Waals surface area contributed by atoms with Gasteiger partial charge in [0.15, 0.2) is 0 Å². The van der Waals surface area contributed by atoms with Gasteiger partial charge in [-0.3, -0.25) is 0 Å². The minimum Gasteiger partial charge on any atom is -0.455 e. The number of rotatable bonds is 4. The zero-order chi connectivity index (χ0) is 34.9. The number of hydrogen-bond donors (Lipinski definition) is 0. The van der Waals surface area contributed by atoms with Crippen molar-refractivity contribution in [3.05, 3.63) is 176 Å². The predicted molar refractivity (Wildman–Crippen MR) is 219 cm³/mol. The summed E-state index contributed by atoms with van der Waals surface area (Å²) in [6.45, 7) is 0. The van der Waals surface area contributed by atoms with Crippen molar-refractivity contribution < 1.29 is 4.42 Å². The van der Waals surface area contributed by atoms with Gasteiger partial charge in [-0.1, -0.05) is 140 Å². The van der Waals surface area contributed by atoms with Crippen LogP contribution in [0.5, 0.6) is 0 Å². The lowest BCUT2D eigenvalue weighted by molar-refractivity contribution is 0.670. The van der Waals surface area contributed by atoms with Crippen molar-refractivity contribution in [3.63, 3.8) is 0 Å². The Morgan fingerprint density at radius 2 is 0.981 bits per heavy atom. The quantitative estimate of drug-likeness (QED) is 0.174. The zero-order valence-corrected chi connectivity index (χ0v) is 28.5. The topological polar surface area (TPSA) is 51.8 Å². The zero-order valence-electron chi connectivity index (χ0n) is 28.5. The summed E-state index contributed by atoms with van der Waals surface area (Å²) in [5.74, 6) is 0. The van der Waals surface area contributed by atoms with Gasteiger partial charge < -0.3 is 4.42 Å². The molecule has 0 fully saturated rings. The third-order valence-corrected chi connectivity index (χ3v) is 10.4. The summed E-state index contributed by atoms with van der Waals surface area (Å²) in [6, 6.07) is 61.2. The summed E-state index contributed by atoms with van der Waals surface area (Å²) in [4.78, 5) is 15.5. The van der Waals surface area contributed by atoms with Crippen molar-refractivity contribution >= 4 is 65.4 Å². The molecule has 4 aromatic heterocycles. The summed E-state index contributed by atoms with van der Waals surface area (Å²) < 4.78 is 6.80. The van der Waals surface area contributed by atoms with Crippen LogP contribution < -0.4 is 0 Å². The van der Waals surface area contributed by atoms with E-state index in [9.17, 15) is 0 Å². The van der Waals surface area contributed by atoms with E-state index >= 15 is 0 Å². The van der Waals surface area contributed by atoms with Crippen LogP contribution in [-0.4, -0.2) is 15.0 Å². The molecular formula is C49H29N3O. The van der Waals surface area contributed by atoms with Crippen molar-refractivity contribution in [1.29, 1.82) is 0 Å². The van der Waals surface area contributed by atoms with E-state index in [1.165, 1.54) is 0 Å². The number of benzene rings is 7. The minimum atomic E-state index is 0.858. The number of hydrogen-bond acceptors (Lipinski definition) is 4. The molecule has 4 heterocycles. The molecule has 0 amide bonds. The van der Waals surface area contributed by atoms with Gasteiger partial charge in [0.25, 0.3) is 0 Å². The van der Waals surface area contributed by atoms with Gasteiger partial charge in [0, 0.05) is 60.0 Å². The Kier molecular flexibility index (Phi) is 6.52. The molecule has 11 rings (SSSR count). The summed E-state index contributed by atoms with van der Waals surface area (Å²) >= 11 is 0. The molecule has 0 saturated carbocycles. The van der Waals surface area contributed by atoms with Crippen molar-refractivity contribution in [1.82, 2.24) is 15.0 Å². The van der Waals surface area contributed by atoms with Gasteiger partial charge in [-0.05, 0) is 42.0 Å². The molecular weight excluding hydrogens is 647 g/mol. The van der Waals surface area contributed by atoms with Crippen molar-refractivity contribution in [2.45, 2.75) is 0 Å². The van der Waals surface area contributed by atoms with E-state index in [4.69, 9.17) is 19.4 Å². The van der Waals surface area contributed by atoms with Crippen LogP contribution in [0.2, 0.25) is 0 Å². The highest BCUT2D eigenvalue weighted by Gasteiger charge is 2.19. The van der Waals surface area contributed by atoms with Gasteiger partial charge in [0.2, 0.25) is 0 Å². The SMILES string of the molecule is c1ccc(-c2ccc3ccc4ccc(-c5cccc(-c6cccc7c6oc6ccc8c(-c9ccccc9)nc9ccccc9c8c67)c5)nc4c3n2)cc1. The number of fused-ring (bicyclic) bond motifs is 10. The third-order valence-electron chi connectivity index (χ3n) is 10.4. The van der Waals surface area contributed by atoms with Gasteiger partial charge in [0.1, 0.15) is 11.2 Å². The second-order valence-corrected chi connectivity index (χ2v) is 13.5. The van der Waals surface area contributed by atoms with Gasteiger partial charge in [-0.15, -0.1) is 0 Å². The molecule has 0 N–H and O–H groups in total. The second-order valence-electron chi connectivity index (χ2n) is 13.5. The fourth-order valence-corrected chi connectivity index (χ4v) is 7.92. The number of aromatic nitrogens is 3. The van der Waals surface area contributed by atoms with E-state index < -0.39 is 0 Å². The summed E-state index contributed by atoms with van der Waals surface area (Å²) in [6.07, 6.45) is 0. The van der Waals surface area contributed by atoms with Gasteiger partial charge in [-0.25, -0.2) is 15.0 Å². The number of nitrogens with zero attached hydrogens (tertiary/aromatic N) is 3. The number of furan rings is 1. The maximum Gasteiger partial charge on any atom is 0.143 e. The van der Waals surface area contributed by atoms with E-state index in [0.29, 0.717) is 0 Å². The van der Waals surface area contributed by atoms with Crippen LogP contribution in [0, 0.1) is 0 Å². The van der Waals surface area contributed by atoms with E-state index in [1.807, 2.05) is 24.3 Å². The van der Waals surface area contributed by atoms with Gasteiger partial charge in [-0.2, -0.15) is 0 Å². The molecule has 0 bridgehead atoms. The van der Waals surface area contributed by atoms with Crippen LogP contribution in [0.25, 0.3) is 110 Å². The molecule has 0 aliphatic heterocycles. The summed E-state index contributed by atoms with van der Waals surface area (Å²) in [5.41, 5.74) is 12.6. The number of pyridine rings is 3. The maximum atomic E-state index is 6.80. The summed E-state index contributed by atoms with van der Waals surface area (Å²) in [7, 11) is 0. The van der Waals surface area contributed by atoms with Crippen molar-refractivity contribution in [3.8, 4) is 44.9 Å². The molecule has 0 aliphatic rings. The van der Waals surface area contributed by atoms with Gasteiger partial charge in [0.05, 0.1) is 33.6 Å². The first kappa shape index (κ1) is 29.5. The highest BCUT2D eigenvalue weighted by atomic mass is 16.3. The molecule has 53 heavy (non-hydrogen) atoms. The highest BCUT2D eigenvalue weighted by Crippen LogP contribution is 2.43. The number of para-hydroxylation sites is 2. The van der Waals surface area contributed by atoms with Crippen LogP contribution in [0.4, 0.5) is 0 Å². The molecule has 0 aliphatic carbocycles. The third kappa shape index (κ3) is 4.73. The Morgan fingerprint density at radius 1 is 0.377 bits per heavy atom. The Hall–Kier alpha value is -7.17. The lowest BCUT2D eigenvalue weighted by Gasteiger charge is -2.11. The first-order valence-electron chi connectivity index (χ1n) is 17.9. The monoisotopic (exact) mass is 675 g/mol. The molecule has 4 heteroatoms.